The number of anilines is 2. The molecular formula is C24H25F3N4O4. The first-order valence-corrected chi connectivity index (χ1v) is 11.2. The minimum absolute atomic E-state index is 0.111. The van der Waals surface area contributed by atoms with E-state index in [4.69, 9.17) is 0 Å². The summed E-state index contributed by atoms with van der Waals surface area (Å²) < 4.78 is 39.0. The van der Waals surface area contributed by atoms with Crippen LogP contribution in [-0.4, -0.2) is 52.6 Å². The molecule has 2 aromatic rings. The van der Waals surface area contributed by atoms with Crippen molar-refractivity contribution in [3.8, 4) is 0 Å². The lowest BCUT2D eigenvalue weighted by Crippen LogP contribution is -2.53. The number of amides is 3. The Bertz CT molecular complexity index is 1110. The first-order chi connectivity index (χ1) is 16.6. The van der Waals surface area contributed by atoms with Gasteiger partial charge in [-0.05, 0) is 56.0 Å². The molecule has 3 atom stereocenters. The number of nitrogens with one attached hydrogen (secondary N) is 3. The van der Waals surface area contributed by atoms with Crippen molar-refractivity contribution < 1.29 is 32.7 Å². The van der Waals surface area contributed by atoms with Crippen LogP contribution in [0.5, 0.6) is 0 Å². The molecule has 4 rings (SSSR count). The quantitative estimate of drug-likeness (QED) is 0.490. The minimum Gasteiger partial charge on any atom is -0.465 e. The highest BCUT2D eigenvalue weighted by Gasteiger charge is 2.43. The number of piperidine rings is 1. The van der Waals surface area contributed by atoms with Crippen LogP contribution in [0, 0.1) is 0 Å². The van der Waals surface area contributed by atoms with Gasteiger partial charge in [-0.15, -0.1) is 0 Å². The smallest absolute Gasteiger partial charge is 0.416 e. The molecule has 35 heavy (non-hydrogen) atoms. The third kappa shape index (κ3) is 5.67. The molecule has 2 heterocycles. The standard InChI is InChI=1S/C24H25F3N4O4/c25-24(26,27)14-4-3-5-15(10-14)29-20-7-2-1-6-19(20)22(33)28-13-21(32)30-16-11-17-8-9-18(12-16)31(17)23(34)35/h1-7,10,16-18,29H,8-9,11-13H2,(H,28,33)(H,30,32)(H,34,35)/t16?,17-,18+. The summed E-state index contributed by atoms with van der Waals surface area (Å²) in [7, 11) is 0. The summed E-state index contributed by atoms with van der Waals surface area (Å²) in [6.45, 7) is -0.287. The largest absolute Gasteiger partial charge is 0.465 e. The van der Waals surface area contributed by atoms with E-state index in [-0.39, 0.29) is 35.9 Å². The van der Waals surface area contributed by atoms with Crippen LogP contribution >= 0.6 is 0 Å². The number of benzene rings is 2. The summed E-state index contributed by atoms with van der Waals surface area (Å²) in [6, 6.07) is 10.6. The number of carboxylic acid groups (broad SMARTS) is 1. The molecule has 0 aliphatic carbocycles. The van der Waals surface area contributed by atoms with Crippen LogP contribution in [0.2, 0.25) is 0 Å². The SMILES string of the molecule is O=C(CNC(=O)c1ccccc1Nc1cccc(C(F)(F)F)c1)NC1C[C@H]2CC[C@@H](C1)N2C(=O)O. The highest BCUT2D eigenvalue weighted by molar-refractivity contribution is 6.01. The number of para-hydroxylation sites is 1. The van der Waals surface area contributed by atoms with E-state index in [0.29, 0.717) is 18.5 Å². The number of halogens is 3. The Balaban J connectivity index is 1.34. The number of hydrogen-bond donors (Lipinski definition) is 4. The molecule has 8 nitrogen and oxygen atoms in total. The molecular weight excluding hydrogens is 465 g/mol. The van der Waals surface area contributed by atoms with Crippen LogP contribution in [0.1, 0.15) is 41.6 Å². The van der Waals surface area contributed by atoms with E-state index in [0.717, 1.165) is 25.0 Å². The molecule has 1 unspecified atom stereocenters. The molecule has 0 saturated carbocycles. The van der Waals surface area contributed by atoms with Crippen molar-refractivity contribution in [2.24, 2.45) is 0 Å². The Hall–Kier alpha value is -3.76. The molecule has 4 N–H and O–H groups in total. The first-order valence-electron chi connectivity index (χ1n) is 11.2. The molecule has 2 aliphatic rings. The van der Waals surface area contributed by atoms with Gasteiger partial charge >= 0.3 is 12.3 Å². The maximum Gasteiger partial charge on any atom is 0.416 e. The Kier molecular flexibility index (Phi) is 6.86. The van der Waals surface area contributed by atoms with Gasteiger partial charge in [0.05, 0.1) is 23.4 Å². The lowest BCUT2D eigenvalue weighted by Gasteiger charge is -2.37. The molecule has 2 aromatic carbocycles. The maximum absolute atomic E-state index is 13.0. The minimum atomic E-state index is -4.49. The Labute approximate surface area is 199 Å². The first kappa shape index (κ1) is 24.4. The number of rotatable bonds is 6. The zero-order chi connectivity index (χ0) is 25.2. The van der Waals surface area contributed by atoms with E-state index in [2.05, 4.69) is 16.0 Å². The van der Waals surface area contributed by atoms with Crippen molar-refractivity contribution in [1.82, 2.24) is 15.5 Å². The summed E-state index contributed by atoms with van der Waals surface area (Å²) in [4.78, 5) is 38.0. The van der Waals surface area contributed by atoms with Crippen molar-refractivity contribution >= 4 is 29.3 Å². The predicted octanol–water partition coefficient (Wildman–Crippen LogP) is 3.97. The maximum atomic E-state index is 13.0. The van der Waals surface area contributed by atoms with Gasteiger partial charge in [-0.25, -0.2) is 4.79 Å². The molecule has 0 aromatic heterocycles. The van der Waals surface area contributed by atoms with Crippen molar-refractivity contribution in [3.05, 3.63) is 59.7 Å². The van der Waals surface area contributed by atoms with E-state index in [1.54, 1.807) is 18.2 Å². The van der Waals surface area contributed by atoms with Crippen LogP contribution in [-0.2, 0) is 11.0 Å². The van der Waals surface area contributed by atoms with E-state index in [1.165, 1.54) is 23.1 Å². The fraction of sp³-hybridized carbons (Fsp3) is 0.375. The molecule has 2 aliphatic heterocycles. The monoisotopic (exact) mass is 490 g/mol. The highest BCUT2D eigenvalue weighted by Crippen LogP contribution is 2.36. The zero-order valence-electron chi connectivity index (χ0n) is 18.6. The van der Waals surface area contributed by atoms with Crippen molar-refractivity contribution in [1.29, 1.82) is 0 Å². The fourth-order valence-electron chi connectivity index (χ4n) is 4.86. The van der Waals surface area contributed by atoms with Gasteiger partial charge in [-0.2, -0.15) is 13.2 Å². The van der Waals surface area contributed by atoms with Crippen molar-refractivity contribution in [2.45, 2.75) is 50.0 Å². The lowest BCUT2D eigenvalue weighted by molar-refractivity contribution is -0.137. The Morgan fingerprint density at radius 2 is 1.69 bits per heavy atom. The molecule has 3 amide bonds. The molecule has 186 valence electrons. The van der Waals surface area contributed by atoms with Crippen LogP contribution < -0.4 is 16.0 Å². The number of nitrogens with zero attached hydrogens (tertiary/aromatic N) is 1. The number of hydrogen-bond acceptors (Lipinski definition) is 4. The van der Waals surface area contributed by atoms with E-state index >= 15 is 0 Å². The van der Waals surface area contributed by atoms with Gasteiger partial charge in [0.25, 0.3) is 5.91 Å². The van der Waals surface area contributed by atoms with Crippen LogP contribution in [0.4, 0.5) is 29.3 Å². The van der Waals surface area contributed by atoms with Gasteiger partial charge in [-0.3, -0.25) is 9.59 Å². The van der Waals surface area contributed by atoms with Gasteiger partial charge < -0.3 is 26.0 Å². The molecule has 11 heteroatoms. The molecule has 2 bridgehead atoms. The van der Waals surface area contributed by atoms with Gasteiger partial charge in [0.15, 0.2) is 0 Å². The van der Waals surface area contributed by atoms with Gasteiger partial charge in [-0.1, -0.05) is 18.2 Å². The second kappa shape index (κ2) is 9.85. The van der Waals surface area contributed by atoms with Crippen LogP contribution in [0.25, 0.3) is 0 Å². The highest BCUT2D eigenvalue weighted by atomic mass is 19.4. The van der Waals surface area contributed by atoms with Crippen molar-refractivity contribution in [3.63, 3.8) is 0 Å². The molecule has 0 radical (unpaired) electrons. The summed E-state index contributed by atoms with van der Waals surface area (Å²) in [5, 5.41) is 17.6. The fourth-order valence-corrected chi connectivity index (χ4v) is 4.86. The average Bonchev–Trinajstić information content (AvgIpc) is 3.08. The summed E-state index contributed by atoms with van der Waals surface area (Å²) in [5.74, 6) is -0.953. The third-order valence-electron chi connectivity index (χ3n) is 6.37. The van der Waals surface area contributed by atoms with Crippen molar-refractivity contribution in [2.75, 3.05) is 11.9 Å². The number of fused-ring (bicyclic) bond motifs is 2. The lowest BCUT2D eigenvalue weighted by atomic mass is 9.98. The number of alkyl halides is 3. The molecule has 2 fully saturated rings. The third-order valence-corrected chi connectivity index (χ3v) is 6.37. The predicted molar refractivity (Wildman–Crippen MR) is 121 cm³/mol. The van der Waals surface area contributed by atoms with E-state index in [1.807, 2.05) is 0 Å². The number of carbonyl (C=O) groups is 3. The van der Waals surface area contributed by atoms with Gasteiger partial charge in [0.2, 0.25) is 5.91 Å². The summed E-state index contributed by atoms with van der Waals surface area (Å²) in [6.07, 6.45) is -2.82. The van der Waals surface area contributed by atoms with E-state index in [9.17, 15) is 32.7 Å². The second-order valence-corrected chi connectivity index (χ2v) is 8.74. The van der Waals surface area contributed by atoms with E-state index < -0.39 is 29.6 Å². The summed E-state index contributed by atoms with van der Waals surface area (Å²) in [5.41, 5.74) is -0.184. The van der Waals surface area contributed by atoms with Gasteiger partial charge in [0.1, 0.15) is 0 Å². The number of carbonyl (C=O) groups excluding carboxylic acids is 2. The van der Waals surface area contributed by atoms with Crippen LogP contribution in [0.3, 0.4) is 0 Å². The topological polar surface area (TPSA) is 111 Å². The molecule has 2 saturated heterocycles. The average molecular weight is 490 g/mol. The summed E-state index contributed by atoms with van der Waals surface area (Å²) >= 11 is 0. The van der Waals surface area contributed by atoms with Gasteiger partial charge in [0, 0.05) is 23.8 Å². The Morgan fingerprint density at radius 3 is 2.34 bits per heavy atom. The zero-order valence-corrected chi connectivity index (χ0v) is 18.6. The molecule has 0 spiro atoms. The second-order valence-electron chi connectivity index (χ2n) is 8.74. The normalized spacial score (nSPS) is 21.3. The van der Waals surface area contributed by atoms with Crippen LogP contribution in [0.15, 0.2) is 48.5 Å². The Morgan fingerprint density at radius 1 is 1.00 bits per heavy atom.